The van der Waals surface area contributed by atoms with E-state index >= 15 is 0 Å². The number of nitrogens with one attached hydrogen (secondary N) is 1. The zero-order valence-electron chi connectivity index (χ0n) is 16.3. The molecule has 0 aliphatic carbocycles. The van der Waals surface area contributed by atoms with Crippen molar-refractivity contribution in [3.63, 3.8) is 0 Å². The minimum absolute atomic E-state index is 0.0863. The Morgan fingerprint density at radius 3 is 2.45 bits per heavy atom. The maximum atomic E-state index is 13.2. The van der Waals surface area contributed by atoms with Gasteiger partial charge in [0.05, 0.1) is 28.8 Å². The highest BCUT2D eigenvalue weighted by Crippen LogP contribution is 2.29. The largest absolute Gasteiger partial charge is 0.496 e. The van der Waals surface area contributed by atoms with Crippen molar-refractivity contribution >= 4 is 19.7 Å². The van der Waals surface area contributed by atoms with Crippen LogP contribution < -0.4 is 10.1 Å². The third-order valence-corrected chi connectivity index (χ3v) is 9.28. The highest BCUT2D eigenvalue weighted by molar-refractivity contribution is 7.96. The fourth-order valence-electron chi connectivity index (χ4n) is 3.57. The maximum Gasteiger partial charge on any atom is 0.183 e. The van der Waals surface area contributed by atoms with Crippen LogP contribution in [0.2, 0.25) is 0 Å². The smallest absolute Gasteiger partial charge is 0.183 e. The predicted octanol–water partition coefficient (Wildman–Crippen LogP) is 1.91. The molecule has 0 spiro atoms. The number of hydrogen-bond acceptors (Lipinski definition) is 6. The van der Waals surface area contributed by atoms with E-state index in [1.165, 1.54) is 31.4 Å². The highest BCUT2D eigenvalue weighted by Gasteiger charge is 2.45. The van der Waals surface area contributed by atoms with E-state index < -0.39 is 36.7 Å². The van der Waals surface area contributed by atoms with Crippen LogP contribution in [0, 0.1) is 12.7 Å². The number of sulfone groups is 2. The lowest BCUT2D eigenvalue weighted by atomic mass is 10.1. The number of ether oxygens (including phenoxy) is 1. The second kappa shape index (κ2) is 8.41. The molecule has 0 unspecified atom stereocenters. The summed E-state index contributed by atoms with van der Waals surface area (Å²) in [5.74, 6) is -0.397. The van der Waals surface area contributed by atoms with Crippen molar-refractivity contribution in [1.29, 1.82) is 0 Å². The monoisotopic (exact) mass is 441 g/mol. The van der Waals surface area contributed by atoms with Gasteiger partial charge in [-0.25, -0.2) is 21.2 Å². The summed E-state index contributed by atoms with van der Waals surface area (Å²) in [5.41, 5.74) is 1.54. The lowest BCUT2D eigenvalue weighted by Crippen LogP contribution is -2.44. The summed E-state index contributed by atoms with van der Waals surface area (Å²) in [6, 6.07) is 9.84. The third kappa shape index (κ3) is 4.96. The maximum absolute atomic E-state index is 13.2. The molecule has 1 N–H and O–H groups in total. The summed E-state index contributed by atoms with van der Waals surface area (Å²) in [6.45, 7) is 2.13. The molecule has 6 nitrogen and oxygen atoms in total. The Balaban J connectivity index is 1.78. The second-order valence-corrected chi connectivity index (χ2v) is 11.5. The first-order valence-corrected chi connectivity index (χ1v) is 12.6. The van der Waals surface area contributed by atoms with Gasteiger partial charge in [0.1, 0.15) is 11.6 Å². The number of hydrogen-bond donors (Lipinski definition) is 1. The molecule has 0 aromatic heterocycles. The highest BCUT2D eigenvalue weighted by atomic mass is 32.2. The van der Waals surface area contributed by atoms with Crippen LogP contribution in [0.3, 0.4) is 0 Å². The lowest BCUT2D eigenvalue weighted by Gasteiger charge is -2.20. The van der Waals surface area contributed by atoms with Crippen LogP contribution in [-0.4, -0.2) is 53.3 Å². The Kier molecular flexibility index (Phi) is 6.30. The Morgan fingerprint density at radius 2 is 1.83 bits per heavy atom. The van der Waals surface area contributed by atoms with Gasteiger partial charge in [0, 0.05) is 6.04 Å². The fourth-order valence-corrected chi connectivity index (χ4v) is 8.37. The topological polar surface area (TPSA) is 89.5 Å². The first-order valence-electron chi connectivity index (χ1n) is 9.19. The first kappa shape index (κ1) is 21.7. The van der Waals surface area contributed by atoms with Crippen LogP contribution in [0.25, 0.3) is 0 Å². The minimum Gasteiger partial charge on any atom is -0.496 e. The lowest BCUT2D eigenvalue weighted by molar-refractivity contribution is 0.411. The van der Waals surface area contributed by atoms with Gasteiger partial charge in [0.25, 0.3) is 0 Å². The third-order valence-electron chi connectivity index (χ3n) is 5.13. The fraction of sp³-hybridized carbons (Fsp3) is 0.400. The normalized spacial score (nSPS) is 21.2. The van der Waals surface area contributed by atoms with Gasteiger partial charge in [-0.2, -0.15) is 0 Å². The van der Waals surface area contributed by atoms with Crippen molar-refractivity contribution in [3.8, 4) is 5.75 Å². The summed E-state index contributed by atoms with van der Waals surface area (Å²) in [6.07, 6.45) is 0.533. The summed E-state index contributed by atoms with van der Waals surface area (Å²) in [5, 5.41) is 2.03. The summed E-state index contributed by atoms with van der Waals surface area (Å²) < 4.78 is 68.9. The molecule has 158 valence electrons. The van der Waals surface area contributed by atoms with Crippen molar-refractivity contribution < 1.29 is 26.0 Å². The van der Waals surface area contributed by atoms with E-state index in [0.717, 1.165) is 5.56 Å². The van der Waals surface area contributed by atoms with Crippen LogP contribution in [0.5, 0.6) is 5.75 Å². The average molecular weight is 442 g/mol. The predicted molar refractivity (Wildman–Crippen MR) is 109 cm³/mol. The van der Waals surface area contributed by atoms with E-state index in [1.54, 1.807) is 25.1 Å². The van der Waals surface area contributed by atoms with E-state index in [0.29, 0.717) is 24.3 Å². The Morgan fingerprint density at radius 1 is 1.14 bits per heavy atom. The Bertz CT molecular complexity index is 1080. The van der Waals surface area contributed by atoms with Gasteiger partial charge in [0.2, 0.25) is 0 Å². The van der Waals surface area contributed by atoms with Gasteiger partial charge in [-0.15, -0.1) is 0 Å². The number of benzene rings is 2. The molecule has 1 heterocycles. The molecule has 1 saturated heterocycles. The van der Waals surface area contributed by atoms with Gasteiger partial charge in [-0.1, -0.05) is 12.1 Å². The molecule has 0 radical (unpaired) electrons. The molecule has 2 aromatic carbocycles. The Hall–Kier alpha value is -1.97. The van der Waals surface area contributed by atoms with Crippen LogP contribution in [0.1, 0.15) is 11.1 Å². The van der Waals surface area contributed by atoms with E-state index in [4.69, 9.17) is 4.74 Å². The molecule has 0 bridgehead atoms. The molecule has 0 amide bonds. The summed E-state index contributed by atoms with van der Waals surface area (Å²) in [7, 11) is -5.83. The number of rotatable bonds is 7. The quantitative estimate of drug-likeness (QED) is 0.706. The van der Waals surface area contributed by atoms with Crippen molar-refractivity contribution in [2.75, 3.05) is 25.2 Å². The standard InChI is InChI=1S/C20H24FNO5S2/c1-14-11-17(7-8-19(14)27-2)29(25,26)20-13-28(23,24)12-18(20)22-10-9-15-3-5-16(21)6-4-15/h3-8,11,18,20,22H,9-10,12-13H2,1-2H3/t18-,20-/m0/s1. The Labute approximate surface area is 170 Å². The summed E-state index contributed by atoms with van der Waals surface area (Å²) in [4.78, 5) is 0.0863. The molecule has 3 rings (SSSR count). The van der Waals surface area contributed by atoms with Gasteiger partial charge < -0.3 is 10.1 Å². The van der Waals surface area contributed by atoms with E-state index in [9.17, 15) is 21.2 Å². The first-order chi connectivity index (χ1) is 13.6. The van der Waals surface area contributed by atoms with Crippen molar-refractivity contribution in [3.05, 3.63) is 59.4 Å². The molecule has 1 aliphatic rings. The van der Waals surface area contributed by atoms with E-state index in [1.807, 2.05) is 0 Å². The zero-order valence-corrected chi connectivity index (χ0v) is 17.9. The molecule has 0 saturated carbocycles. The second-order valence-electron chi connectivity index (χ2n) is 7.23. The van der Waals surface area contributed by atoms with Crippen LogP contribution >= 0.6 is 0 Å². The van der Waals surface area contributed by atoms with Gasteiger partial charge in [-0.3, -0.25) is 0 Å². The molecular weight excluding hydrogens is 417 g/mol. The summed E-state index contributed by atoms with van der Waals surface area (Å²) >= 11 is 0. The molecule has 2 aromatic rings. The molecule has 29 heavy (non-hydrogen) atoms. The van der Waals surface area contributed by atoms with E-state index in [-0.39, 0.29) is 16.5 Å². The molecule has 1 fully saturated rings. The van der Waals surface area contributed by atoms with Crippen molar-refractivity contribution in [2.45, 2.75) is 29.5 Å². The van der Waals surface area contributed by atoms with Crippen molar-refractivity contribution in [1.82, 2.24) is 5.32 Å². The van der Waals surface area contributed by atoms with Crippen LogP contribution in [0.15, 0.2) is 47.4 Å². The number of halogens is 1. The molecule has 2 atom stereocenters. The van der Waals surface area contributed by atoms with Gasteiger partial charge in [-0.05, 0) is 61.3 Å². The minimum atomic E-state index is -3.85. The van der Waals surface area contributed by atoms with Gasteiger partial charge in [0.15, 0.2) is 19.7 Å². The van der Waals surface area contributed by atoms with E-state index in [2.05, 4.69) is 5.32 Å². The number of methoxy groups -OCH3 is 1. The molecule has 9 heteroatoms. The zero-order chi connectivity index (χ0) is 21.2. The van der Waals surface area contributed by atoms with Crippen molar-refractivity contribution in [2.24, 2.45) is 0 Å². The van der Waals surface area contributed by atoms with Crippen LogP contribution in [0.4, 0.5) is 4.39 Å². The molecule has 1 aliphatic heterocycles. The molecular formula is C20H24FNO5S2. The SMILES string of the molecule is COc1ccc(S(=O)(=O)[C@H]2CS(=O)(=O)C[C@@H]2NCCc2ccc(F)cc2)cc1C. The average Bonchev–Trinajstić information content (AvgIpc) is 2.98. The van der Waals surface area contributed by atoms with Crippen LogP contribution in [-0.2, 0) is 26.1 Å². The number of aryl methyl sites for hydroxylation is 1. The van der Waals surface area contributed by atoms with Gasteiger partial charge >= 0.3 is 0 Å².